The zero-order valence-corrected chi connectivity index (χ0v) is 10.3. The number of hydrogen-bond acceptors (Lipinski definition) is 0. The minimum Gasteiger partial charge on any atom is -0.343 e. The predicted molar refractivity (Wildman–Crippen MR) is 43.4 cm³/mol. The standard InChI is InChI=1S/C9H19.Zn/c1-3-5-7-9-8-6-4-2;/h1,3-9H2,2H3;/q-1;. The maximum absolute atomic E-state index is 3.80. The van der Waals surface area contributed by atoms with Crippen LogP contribution in [0.3, 0.4) is 0 Å². The van der Waals surface area contributed by atoms with Crippen molar-refractivity contribution in [2.75, 3.05) is 0 Å². The number of hydrogen-bond donors (Lipinski definition) is 0. The van der Waals surface area contributed by atoms with E-state index in [2.05, 4.69) is 13.8 Å². The molecule has 0 fully saturated rings. The molecule has 0 N–H and O–H groups in total. The Morgan fingerprint density at radius 1 is 0.900 bits per heavy atom. The summed E-state index contributed by atoms with van der Waals surface area (Å²) in [5, 5.41) is 0. The topological polar surface area (TPSA) is 0 Å². The fourth-order valence-electron chi connectivity index (χ4n) is 0.957. The fourth-order valence-corrected chi connectivity index (χ4v) is 0.957. The average Bonchev–Trinajstić information content (AvgIpc) is 1.89. The predicted octanol–water partition coefficient (Wildman–Crippen LogP) is 3.57. The van der Waals surface area contributed by atoms with Gasteiger partial charge in [0.2, 0.25) is 0 Å². The number of rotatable bonds is 6. The van der Waals surface area contributed by atoms with Crippen molar-refractivity contribution in [3.8, 4) is 0 Å². The van der Waals surface area contributed by atoms with Gasteiger partial charge in [0.25, 0.3) is 0 Å². The first-order valence-electron chi connectivity index (χ1n) is 4.21. The molecular weight excluding hydrogens is 173 g/mol. The molecule has 10 heavy (non-hydrogen) atoms. The molecule has 0 bridgehead atoms. The van der Waals surface area contributed by atoms with Gasteiger partial charge in [-0.3, -0.25) is 0 Å². The molecule has 0 rings (SSSR count). The first kappa shape index (κ1) is 13.2. The van der Waals surface area contributed by atoms with Crippen LogP contribution in [-0.2, 0) is 19.5 Å². The third kappa shape index (κ3) is 11.4. The molecule has 0 aromatic rings. The van der Waals surface area contributed by atoms with Crippen LogP contribution >= 0.6 is 0 Å². The Bertz CT molecular complexity index is 38.0. The van der Waals surface area contributed by atoms with Crippen LogP contribution in [0.2, 0.25) is 0 Å². The van der Waals surface area contributed by atoms with Gasteiger partial charge in [-0.2, -0.15) is 6.42 Å². The fraction of sp³-hybridized carbons (Fsp3) is 0.889. The molecule has 0 aromatic heterocycles. The molecule has 0 nitrogen and oxygen atoms in total. The van der Waals surface area contributed by atoms with E-state index in [1.165, 1.54) is 38.5 Å². The van der Waals surface area contributed by atoms with Gasteiger partial charge in [0, 0.05) is 19.5 Å². The molecule has 0 aromatic carbocycles. The van der Waals surface area contributed by atoms with Gasteiger partial charge in [0.05, 0.1) is 0 Å². The van der Waals surface area contributed by atoms with Crippen molar-refractivity contribution < 1.29 is 19.5 Å². The van der Waals surface area contributed by atoms with Gasteiger partial charge in [0.1, 0.15) is 0 Å². The van der Waals surface area contributed by atoms with Crippen LogP contribution in [0, 0.1) is 6.92 Å². The van der Waals surface area contributed by atoms with E-state index in [0.717, 1.165) is 6.42 Å². The van der Waals surface area contributed by atoms with Crippen LogP contribution in [0.15, 0.2) is 0 Å². The second-order valence-corrected chi connectivity index (χ2v) is 2.62. The van der Waals surface area contributed by atoms with Gasteiger partial charge in [-0.1, -0.05) is 45.4 Å². The summed E-state index contributed by atoms with van der Waals surface area (Å²) in [6, 6.07) is 0. The molecule has 0 atom stereocenters. The molecular formula is C9H19Zn-. The zero-order chi connectivity index (χ0) is 6.95. The van der Waals surface area contributed by atoms with Gasteiger partial charge in [-0.05, 0) is 0 Å². The van der Waals surface area contributed by atoms with E-state index in [9.17, 15) is 0 Å². The van der Waals surface area contributed by atoms with Crippen LogP contribution in [0.1, 0.15) is 51.9 Å². The van der Waals surface area contributed by atoms with Gasteiger partial charge >= 0.3 is 0 Å². The van der Waals surface area contributed by atoms with E-state index in [0.29, 0.717) is 0 Å². The summed E-state index contributed by atoms with van der Waals surface area (Å²) in [4.78, 5) is 0. The van der Waals surface area contributed by atoms with Crippen LogP contribution in [0.5, 0.6) is 0 Å². The van der Waals surface area contributed by atoms with E-state index in [-0.39, 0.29) is 19.5 Å². The van der Waals surface area contributed by atoms with Gasteiger partial charge in [-0.15, -0.1) is 0 Å². The molecule has 1 heteroatoms. The minimum atomic E-state index is 0. The molecule has 58 valence electrons. The smallest absolute Gasteiger partial charge is 0 e. The van der Waals surface area contributed by atoms with Crippen molar-refractivity contribution in [2.45, 2.75) is 51.9 Å². The van der Waals surface area contributed by atoms with E-state index in [1.54, 1.807) is 0 Å². The van der Waals surface area contributed by atoms with Crippen molar-refractivity contribution in [1.82, 2.24) is 0 Å². The second kappa shape index (κ2) is 12.3. The molecule has 0 saturated carbocycles. The Morgan fingerprint density at radius 3 is 1.90 bits per heavy atom. The monoisotopic (exact) mass is 191 g/mol. The van der Waals surface area contributed by atoms with E-state index >= 15 is 0 Å². The first-order chi connectivity index (χ1) is 4.41. The third-order valence-corrected chi connectivity index (χ3v) is 1.60. The Balaban J connectivity index is 0. The van der Waals surface area contributed by atoms with Crippen LogP contribution in [-0.4, -0.2) is 0 Å². The van der Waals surface area contributed by atoms with Gasteiger partial charge in [0.15, 0.2) is 0 Å². The molecule has 0 aliphatic heterocycles. The summed E-state index contributed by atoms with van der Waals surface area (Å²) >= 11 is 0. The third-order valence-electron chi connectivity index (χ3n) is 1.60. The second-order valence-electron chi connectivity index (χ2n) is 2.62. The van der Waals surface area contributed by atoms with Gasteiger partial charge < -0.3 is 6.92 Å². The van der Waals surface area contributed by atoms with Crippen LogP contribution in [0.25, 0.3) is 0 Å². The minimum absolute atomic E-state index is 0. The summed E-state index contributed by atoms with van der Waals surface area (Å²) in [5.74, 6) is 0. The SMILES string of the molecule is [CH2-]CCCCCCCC.[Zn]. The molecule has 0 spiro atoms. The summed E-state index contributed by atoms with van der Waals surface area (Å²) in [6.45, 7) is 6.05. The first-order valence-corrected chi connectivity index (χ1v) is 4.21. The van der Waals surface area contributed by atoms with Crippen molar-refractivity contribution in [3.05, 3.63) is 6.92 Å². The largest absolute Gasteiger partial charge is 0.343 e. The molecule has 0 unspecified atom stereocenters. The Kier molecular flexibility index (Phi) is 16.3. The van der Waals surface area contributed by atoms with E-state index in [4.69, 9.17) is 0 Å². The summed E-state index contributed by atoms with van der Waals surface area (Å²) in [6.07, 6.45) is 9.45. The molecule has 0 aliphatic rings. The summed E-state index contributed by atoms with van der Waals surface area (Å²) < 4.78 is 0. The molecule has 0 amide bonds. The quantitative estimate of drug-likeness (QED) is 0.343. The Morgan fingerprint density at radius 2 is 1.40 bits per heavy atom. The summed E-state index contributed by atoms with van der Waals surface area (Å²) in [5.41, 5.74) is 0. The zero-order valence-electron chi connectivity index (χ0n) is 7.36. The van der Waals surface area contributed by atoms with Crippen LogP contribution in [0.4, 0.5) is 0 Å². The van der Waals surface area contributed by atoms with E-state index < -0.39 is 0 Å². The van der Waals surface area contributed by atoms with Crippen LogP contribution < -0.4 is 0 Å². The maximum atomic E-state index is 3.80. The summed E-state index contributed by atoms with van der Waals surface area (Å²) in [7, 11) is 0. The van der Waals surface area contributed by atoms with E-state index in [1.807, 2.05) is 0 Å². The van der Waals surface area contributed by atoms with Crippen molar-refractivity contribution in [3.63, 3.8) is 0 Å². The maximum Gasteiger partial charge on any atom is 0 e. The molecule has 0 radical (unpaired) electrons. The van der Waals surface area contributed by atoms with Gasteiger partial charge in [-0.25, -0.2) is 0 Å². The molecule has 0 heterocycles. The van der Waals surface area contributed by atoms with Crippen molar-refractivity contribution in [2.24, 2.45) is 0 Å². The van der Waals surface area contributed by atoms with Crippen molar-refractivity contribution >= 4 is 0 Å². The van der Waals surface area contributed by atoms with Crippen molar-refractivity contribution in [1.29, 1.82) is 0 Å². The molecule has 0 aliphatic carbocycles. The normalized spacial score (nSPS) is 9.00. The molecule has 0 saturated heterocycles. The number of unbranched alkanes of at least 4 members (excludes halogenated alkanes) is 6. The Hall–Kier alpha value is 0.623. The average molecular weight is 193 g/mol. The Labute approximate surface area is 78.5 Å².